The van der Waals surface area contributed by atoms with Gasteiger partial charge in [-0.3, -0.25) is 0 Å². The summed E-state index contributed by atoms with van der Waals surface area (Å²) < 4.78 is 2.29. The second-order valence-corrected chi connectivity index (χ2v) is 11.6. The van der Waals surface area contributed by atoms with Crippen LogP contribution in [-0.2, 0) is 0 Å². The molecule has 7 rings (SSSR count). The lowest BCUT2D eigenvalue weighted by atomic mass is 10.0. The van der Waals surface area contributed by atoms with Crippen molar-refractivity contribution in [3.8, 4) is 5.69 Å². The molecule has 0 bridgehead atoms. The van der Waals surface area contributed by atoms with Gasteiger partial charge in [-0.1, -0.05) is 36.4 Å². The standard InChI is InChI=1S/C31H37N11/c32-19-13-20(33)16-40(15-19)30-37-29(38-31(39-30)41-17-21(34)14-22(35)18-41)36-23-9-11-24(12-10-23)42-27-7-3-1-5-25(27)26-6-2-4-8-28(26)42/h1-12,19-22H,13-18,32-35H2,(H,36,37,38,39). The molecule has 2 aliphatic heterocycles. The van der Waals surface area contributed by atoms with E-state index in [0.717, 1.165) is 24.2 Å². The molecule has 4 unspecified atom stereocenters. The third-order valence-electron chi connectivity index (χ3n) is 8.17. The number of para-hydroxylation sites is 2. The van der Waals surface area contributed by atoms with E-state index in [1.54, 1.807) is 0 Å². The molecule has 2 saturated heterocycles. The van der Waals surface area contributed by atoms with E-state index in [2.05, 4.69) is 70.5 Å². The van der Waals surface area contributed by atoms with Crippen LogP contribution in [0, 0.1) is 0 Å². The fourth-order valence-corrected chi connectivity index (χ4v) is 6.40. The van der Waals surface area contributed by atoms with Crippen molar-refractivity contribution < 1.29 is 0 Å². The monoisotopic (exact) mass is 563 g/mol. The van der Waals surface area contributed by atoms with Gasteiger partial charge in [0.15, 0.2) is 0 Å². The van der Waals surface area contributed by atoms with Crippen molar-refractivity contribution >= 4 is 45.3 Å². The molecule has 216 valence electrons. The molecule has 11 nitrogen and oxygen atoms in total. The second-order valence-electron chi connectivity index (χ2n) is 11.6. The van der Waals surface area contributed by atoms with Gasteiger partial charge in [-0.15, -0.1) is 0 Å². The van der Waals surface area contributed by atoms with Crippen molar-refractivity contribution in [3.63, 3.8) is 0 Å². The maximum atomic E-state index is 6.30. The van der Waals surface area contributed by atoms with E-state index in [1.165, 1.54) is 21.8 Å². The Morgan fingerprint density at radius 2 is 1.02 bits per heavy atom. The van der Waals surface area contributed by atoms with Gasteiger partial charge in [0.2, 0.25) is 17.8 Å². The summed E-state index contributed by atoms with van der Waals surface area (Å²) in [5, 5.41) is 5.87. The van der Waals surface area contributed by atoms with Crippen LogP contribution in [-0.4, -0.2) is 69.9 Å². The van der Waals surface area contributed by atoms with Crippen LogP contribution in [0.25, 0.3) is 27.5 Å². The number of nitrogens with one attached hydrogen (secondary N) is 1. The minimum absolute atomic E-state index is 0.0457. The highest BCUT2D eigenvalue weighted by Crippen LogP contribution is 2.32. The first-order valence-corrected chi connectivity index (χ1v) is 14.5. The lowest BCUT2D eigenvalue weighted by Gasteiger charge is -2.37. The number of fused-ring (bicyclic) bond motifs is 3. The highest BCUT2D eigenvalue weighted by Gasteiger charge is 2.28. The Bertz CT molecular complexity index is 1600. The number of piperidine rings is 2. The van der Waals surface area contributed by atoms with E-state index in [0.29, 0.717) is 44.0 Å². The molecule has 42 heavy (non-hydrogen) atoms. The number of hydrogen-bond donors (Lipinski definition) is 5. The summed E-state index contributed by atoms with van der Waals surface area (Å²) in [4.78, 5) is 18.5. The minimum atomic E-state index is -0.0457. The van der Waals surface area contributed by atoms with Crippen LogP contribution in [0.4, 0.5) is 23.5 Å². The molecule has 3 aromatic carbocycles. The number of anilines is 4. The van der Waals surface area contributed by atoms with Crippen LogP contribution in [0.3, 0.4) is 0 Å². The maximum Gasteiger partial charge on any atom is 0.233 e. The van der Waals surface area contributed by atoms with Crippen molar-refractivity contribution in [2.24, 2.45) is 22.9 Å². The summed E-state index contributed by atoms with van der Waals surface area (Å²) in [5.74, 6) is 1.53. The number of benzene rings is 3. The zero-order valence-corrected chi connectivity index (χ0v) is 23.5. The molecule has 0 aliphatic carbocycles. The Kier molecular flexibility index (Phi) is 6.87. The van der Waals surface area contributed by atoms with Crippen LogP contribution in [0.15, 0.2) is 72.8 Å². The van der Waals surface area contributed by atoms with Crippen LogP contribution >= 0.6 is 0 Å². The molecule has 0 radical (unpaired) electrons. The van der Waals surface area contributed by atoms with Crippen LogP contribution in [0.5, 0.6) is 0 Å². The largest absolute Gasteiger partial charge is 0.338 e. The lowest BCUT2D eigenvalue weighted by Crippen LogP contribution is -2.54. The minimum Gasteiger partial charge on any atom is -0.338 e. The van der Waals surface area contributed by atoms with Crippen LogP contribution < -0.4 is 38.1 Å². The van der Waals surface area contributed by atoms with Crippen molar-refractivity contribution in [2.45, 2.75) is 37.0 Å². The van der Waals surface area contributed by atoms with Gasteiger partial charge in [-0.2, -0.15) is 15.0 Å². The van der Waals surface area contributed by atoms with Crippen molar-refractivity contribution in [1.29, 1.82) is 0 Å². The maximum absolute atomic E-state index is 6.30. The molecule has 5 aromatic rings. The van der Waals surface area contributed by atoms with Gasteiger partial charge < -0.3 is 42.6 Å². The highest BCUT2D eigenvalue weighted by atomic mass is 15.4. The lowest BCUT2D eigenvalue weighted by molar-refractivity contribution is 0.441. The molecule has 2 aromatic heterocycles. The van der Waals surface area contributed by atoms with E-state index in [4.69, 9.17) is 37.9 Å². The SMILES string of the molecule is NC1CC(N)CN(c2nc(Nc3ccc(-n4c5ccccc5c5ccccc54)cc3)nc(N3CC(N)CC(N)C3)n2)C1. The topological polar surface area (TPSA) is 166 Å². The predicted molar refractivity (Wildman–Crippen MR) is 169 cm³/mol. The Labute approximate surface area is 244 Å². The van der Waals surface area contributed by atoms with Gasteiger partial charge in [0, 0.05) is 72.5 Å². The quantitative estimate of drug-likeness (QED) is 0.214. The van der Waals surface area contributed by atoms with Crippen molar-refractivity contribution in [2.75, 3.05) is 41.3 Å². The fourth-order valence-electron chi connectivity index (χ4n) is 6.40. The summed E-state index contributed by atoms with van der Waals surface area (Å²) >= 11 is 0. The van der Waals surface area contributed by atoms with Gasteiger partial charge in [-0.25, -0.2) is 0 Å². The van der Waals surface area contributed by atoms with Gasteiger partial charge in [0.1, 0.15) is 0 Å². The summed E-state index contributed by atoms with van der Waals surface area (Å²) in [6, 6.07) is 25.1. The zero-order chi connectivity index (χ0) is 28.8. The number of hydrogen-bond acceptors (Lipinski definition) is 10. The van der Waals surface area contributed by atoms with E-state index in [1.807, 2.05) is 21.9 Å². The fraction of sp³-hybridized carbons (Fsp3) is 0.323. The summed E-state index contributed by atoms with van der Waals surface area (Å²) in [6.07, 6.45) is 1.54. The smallest absolute Gasteiger partial charge is 0.233 e. The number of nitrogens with zero attached hydrogens (tertiary/aromatic N) is 6. The predicted octanol–water partition coefficient (Wildman–Crippen LogP) is 2.44. The molecule has 0 saturated carbocycles. The second kappa shape index (κ2) is 10.8. The first-order chi connectivity index (χ1) is 20.4. The van der Waals surface area contributed by atoms with Gasteiger partial charge in [0.05, 0.1) is 11.0 Å². The number of rotatable bonds is 5. The van der Waals surface area contributed by atoms with Crippen molar-refractivity contribution in [3.05, 3.63) is 72.8 Å². The number of nitrogens with two attached hydrogens (primary N) is 4. The third-order valence-corrected chi connectivity index (χ3v) is 8.17. The summed E-state index contributed by atoms with van der Waals surface area (Å²) in [6.45, 7) is 2.51. The third kappa shape index (κ3) is 5.12. The molecule has 9 N–H and O–H groups in total. The molecule has 2 aliphatic rings. The van der Waals surface area contributed by atoms with Gasteiger partial charge in [-0.05, 0) is 49.2 Å². The number of aromatic nitrogens is 4. The first-order valence-electron chi connectivity index (χ1n) is 14.5. The average molecular weight is 564 g/mol. The first kappa shape index (κ1) is 26.6. The van der Waals surface area contributed by atoms with E-state index in [9.17, 15) is 0 Å². The molecule has 11 heteroatoms. The van der Waals surface area contributed by atoms with Crippen LogP contribution in [0.1, 0.15) is 12.8 Å². The molecule has 2 fully saturated rings. The Balaban J connectivity index is 1.22. The Morgan fingerprint density at radius 3 is 1.50 bits per heavy atom. The summed E-state index contributed by atoms with van der Waals surface area (Å²) in [5.41, 5.74) is 29.5. The Morgan fingerprint density at radius 1 is 0.571 bits per heavy atom. The highest BCUT2D eigenvalue weighted by molar-refractivity contribution is 6.09. The molecule has 0 spiro atoms. The molecule has 0 amide bonds. The molecular weight excluding hydrogens is 526 g/mol. The summed E-state index contributed by atoms with van der Waals surface area (Å²) in [7, 11) is 0. The Hall–Kier alpha value is -4.29. The van der Waals surface area contributed by atoms with Crippen molar-refractivity contribution in [1.82, 2.24) is 19.5 Å². The molecule has 4 heterocycles. The van der Waals surface area contributed by atoms with E-state index in [-0.39, 0.29) is 24.2 Å². The normalized spacial score (nSPS) is 23.0. The van der Waals surface area contributed by atoms with E-state index < -0.39 is 0 Å². The van der Waals surface area contributed by atoms with Crippen LogP contribution in [0.2, 0.25) is 0 Å². The van der Waals surface area contributed by atoms with Gasteiger partial charge in [0.25, 0.3) is 0 Å². The molecule has 4 atom stereocenters. The molecular formula is C31H37N11. The average Bonchev–Trinajstić information content (AvgIpc) is 3.31. The van der Waals surface area contributed by atoms with E-state index >= 15 is 0 Å². The van der Waals surface area contributed by atoms with Gasteiger partial charge >= 0.3 is 0 Å². The zero-order valence-electron chi connectivity index (χ0n) is 23.5.